The van der Waals surface area contributed by atoms with Crippen molar-refractivity contribution in [3.63, 3.8) is 0 Å². The summed E-state index contributed by atoms with van der Waals surface area (Å²) < 4.78 is 0. The quantitative estimate of drug-likeness (QED) is 0.521. The number of nitrogens with one attached hydrogen (secondary N) is 1. The zero-order valence-corrected chi connectivity index (χ0v) is 11.2. The average molecular weight is 289 g/mol. The van der Waals surface area contributed by atoms with E-state index in [2.05, 4.69) is 15.3 Å². The summed E-state index contributed by atoms with van der Waals surface area (Å²) >= 11 is 7.60. The molecule has 0 aromatic carbocycles. The van der Waals surface area contributed by atoms with Crippen LogP contribution in [0.15, 0.2) is 6.33 Å². The summed E-state index contributed by atoms with van der Waals surface area (Å²) in [7, 11) is 0. The number of hydrogen-bond donors (Lipinski definition) is 1. The number of nitro groups is 1. The topological polar surface area (TPSA) is 81.0 Å². The predicted octanol–water partition coefficient (Wildman–Crippen LogP) is 2.74. The van der Waals surface area contributed by atoms with Crippen LogP contribution in [-0.4, -0.2) is 32.4 Å². The molecule has 1 N–H and O–H groups in total. The van der Waals surface area contributed by atoms with Gasteiger partial charge in [-0.15, -0.1) is 0 Å². The molecule has 1 aromatic heterocycles. The van der Waals surface area contributed by atoms with Crippen LogP contribution >= 0.6 is 23.4 Å². The fourth-order valence-corrected chi connectivity index (χ4v) is 3.27. The summed E-state index contributed by atoms with van der Waals surface area (Å²) in [6.07, 6.45) is 4.82. The van der Waals surface area contributed by atoms with E-state index in [9.17, 15) is 10.1 Å². The maximum Gasteiger partial charge on any atom is 0.348 e. The minimum atomic E-state index is -0.557. The van der Waals surface area contributed by atoms with E-state index >= 15 is 0 Å². The Balaban J connectivity index is 2.04. The molecule has 1 saturated heterocycles. The van der Waals surface area contributed by atoms with Crippen molar-refractivity contribution in [3.8, 4) is 0 Å². The number of thioether (sulfide) groups is 1. The Bertz CT molecular complexity index is 440. The van der Waals surface area contributed by atoms with Crippen molar-refractivity contribution in [3.05, 3.63) is 21.6 Å². The molecule has 8 heteroatoms. The molecule has 1 aliphatic rings. The lowest BCUT2D eigenvalue weighted by Gasteiger charge is -2.21. The minimum absolute atomic E-state index is 0.131. The van der Waals surface area contributed by atoms with Gasteiger partial charge >= 0.3 is 5.69 Å². The maximum absolute atomic E-state index is 10.9. The van der Waals surface area contributed by atoms with Crippen molar-refractivity contribution in [2.45, 2.75) is 24.5 Å². The van der Waals surface area contributed by atoms with Gasteiger partial charge in [0.1, 0.15) is 6.33 Å². The molecule has 0 radical (unpaired) electrons. The Morgan fingerprint density at radius 1 is 1.56 bits per heavy atom. The fraction of sp³-hybridized carbons (Fsp3) is 0.600. The van der Waals surface area contributed by atoms with E-state index in [4.69, 9.17) is 11.6 Å². The van der Waals surface area contributed by atoms with Gasteiger partial charge in [0.25, 0.3) is 0 Å². The van der Waals surface area contributed by atoms with Crippen LogP contribution in [0, 0.1) is 10.1 Å². The fourth-order valence-electron chi connectivity index (χ4n) is 1.83. The maximum atomic E-state index is 10.9. The van der Waals surface area contributed by atoms with E-state index in [1.165, 1.54) is 19.2 Å². The first-order valence-electron chi connectivity index (χ1n) is 5.69. The van der Waals surface area contributed by atoms with E-state index in [0.717, 1.165) is 12.2 Å². The van der Waals surface area contributed by atoms with E-state index in [-0.39, 0.29) is 16.7 Å². The van der Waals surface area contributed by atoms with Crippen molar-refractivity contribution in [1.82, 2.24) is 9.97 Å². The summed E-state index contributed by atoms with van der Waals surface area (Å²) in [5.74, 6) is 1.35. The standard InChI is InChI=1S/C10H13ClN4O2S/c11-9-8(15(16)17)10(14-6-13-9)12-5-7-3-1-2-4-18-7/h6-7H,1-5H2,(H,12,13,14). The molecule has 1 aromatic rings. The summed E-state index contributed by atoms with van der Waals surface area (Å²) in [5, 5.41) is 14.2. The molecule has 98 valence electrons. The largest absolute Gasteiger partial charge is 0.363 e. The number of halogens is 1. The first-order valence-corrected chi connectivity index (χ1v) is 7.11. The molecule has 0 spiro atoms. The smallest absolute Gasteiger partial charge is 0.348 e. The molecule has 0 saturated carbocycles. The number of rotatable bonds is 4. The van der Waals surface area contributed by atoms with Gasteiger partial charge in [-0.1, -0.05) is 18.0 Å². The molecule has 1 aliphatic heterocycles. The van der Waals surface area contributed by atoms with Gasteiger partial charge < -0.3 is 5.32 Å². The minimum Gasteiger partial charge on any atom is -0.363 e. The first-order chi connectivity index (χ1) is 8.68. The molecule has 2 rings (SSSR count). The highest BCUT2D eigenvalue weighted by atomic mass is 35.5. The van der Waals surface area contributed by atoms with Gasteiger partial charge in [-0.05, 0) is 18.6 Å². The van der Waals surface area contributed by atoms with Crippen LogP contribution < -0.4 is 5.32 Å². The van der Waals surface area contributed by atoms with E-state index < -0.39 is 4.92 Å². The second-order valence-corrected chi connectivity index (χ2v) is 5.75. The SMILES string of the molecule is O=[N+]([O-])c1c(Cl)ncnc1NCC1CCCCS1. The molecular formula is C10H13ClN4O2S. The van der Waals surface area contributed by atoms with Crippen LogP contribution in [0.4, 0.5) is 11.5 Å². The van der Waals surface area contributed by atoms with Crippen molar-refractivity contribution in [2.75, 3.05) is 17.6 Å². The summed E-state index contributed by atoms with van der Waals surface area (Å²) in [5.41, 5.74) is -0.250. The van der Waals surface area contributed by atoms with Gasteiger partial charge in [0.15, 0.2) is 0 Å². The summed E-state index contributed by atoms with van der Waals surface area (Å²) in [6.45, 7) is 0.666. The molecule has 6 nitrogen and oxygen atoms in total. The number of hydrogen-bond acceptors (Lipinski definition) is 6. The molecule has 1 atom stereocenters. The van der Waals surface area contributed by atoms with Gasteiger partial charge in [-0.3, -0.25) is 10.1 Å². The van der Waals surface area contributed by atoms with Gasteiger partial charge in [0, 0.05) is 11.8 Å². The molecule has 2 heterocycles. The number of anilines is 1. The Labute approximate surface area is 114 Å². The molecule has 0 aliphatic carbocycles. The van der Waals surface area contributed by atoms with Crippen LogP contribution in [-0.2, 0) is 0 Å². The number of aromatic nitrogens is 2. The Morgan fingerprint density at radius 3 is 3.06 bits per heavy atom. The second-order valence-electron chi connectivity index (χ2n) is 3.99. The van der Waals surface area contributed by atoms with Crippen LogP contribution in [0.1, 0.15) is 19.3 Å². The second kappa shape index (κ2) is 6.19. The van der Waals surface area contributed by atoms with Gasteiger partial charge in [-0.2, -0.15) is 11.8 Å². The van der Waals surface area contributed by atoms with Crippen LogP contribution in [0.5, 0.6) is 0 Å². The molecular weight excluding hydrogens is 276 g/mol. The monoisotopic (exact) mass is 288 g/mol. The van der Waals surface area contributed by atoms with E-state index in [0.29, 0.717) is 11.8 Å². The molecule has 1 fully saturated rings. The number of nitrogens with zero attached hydrogens (tertiary/aromatic N) is 3. The third-order valence-corrected chi connectivity index (χ3v) is 4.41. The van der Waals surface area contributed by atoms with Crippen LogP contribution in [0.3, 0.4) is 0 Å². The molecule has 0 amide bonds. The van der Waals surface area contributed by atoms with Gasteiger partial charge in [-0.25, -0.2) is 9.97 Å². The highest BCUT2D eigenvalue weighted by molar-refractivity contribution is 7.99. The zero-order chi connectivity index (χ0) is 13.0. The highest BCUT2D eigenvalue weighted by Gasteiger charge is 2.22. The average Bonchev–Trinajstić information content (AvgIpc) is 2.37. The lowest BCUT2D eigenvalue weighted by molar-refractivity contribution is -0.384. The predicted molar refractivity (Wildman–Crippen MR) is 72.3 cm³/mol. The Hall–Kier alpha value is -1.08. The van der Waals surface area contributed by atoms with Crippen LogP contribution in [0.25, 0.3) is 0 Å². The van der Waals surface area contributed by atoms with Crippen molar-refractivity contribution in [1.29, 1.82) is 0 Å². The third-order valence-electron chi connectivity index (χ3n) is 2.73. The first kappa shape index (κ1) is 13.4. The van der Waals surface area contributed by atoms with Crippen LogP contribution in [0.2, 0.25) is 5.15 Å². The molecule has 0 bridgehead atoms. The highest BCUT2D eigenvalue weighted by Crippen LogP contribution is 2.30. The van der Waals surface area contributed by atoms with E-state index in [1.807, 2.05) is 11.8 Å². The van der Waals surface area contributed by atoms with E-state index in [1.54, 1.807) is 0 Å². The lowest BCUT2D eigenvalue weighted by atomic mass is 10.2. The molecule has 18 heavy (non-hydrogen) atoms. The van der Waals surface area contributed by atoms with Gasteiger partial charge in [0.2, 0.25) is 11.0 Å². The Kier molecular flexibility index (Phi) is 4.60. The summed E-state index contributed by atoms with van der Waals surface area (Å²) in [6, 6.07) is 0. The van der Waals surface area contributed by atoms with Crippen molar-refractivity contribution >= 4 is 34.9 Å². The van der Waals surface area contributed by atoms with Gasteiger partial charge in [0.05, 0.1) is 4.92 Å². The lowest BCUT2D eigenvalue weighted by Crippen LogP contribution is -2.21. The van der Waals surface area contributed by atoms with Crippen molar-refractivity contribution < 1.29 is 4.92 Å². The zero-order valence-electron chi connectivity index (χ0n) is 9.63. The summed E-state index contributed by atoms with van der Waals surface area (Å²) in [4.78, 5) is 17.8. The molecule has 1 unspecified atom stereocenters. The van der Waals surface area contributed by atoms with Crippen molar-refractivity contribution in [2.24, 2.45) is 0 Å². The normalized spacial score (nSPS) is 19.5. The Morgan fingerprint density at radius 2 is 2.39 bits per heavy atom. The third kappa shape index (κ3) is 3.23.